The van der Waals surface area contributed by atoms with Crippen LogP contribution < -0.4 is 33.7 Å². The smallest absolute Gasteiger partial charge is 0.331 e. The quantitative estimate of drug-likeness (QED) is 0.175. The molecule has 0 saturated carbocycles. The number of phenols is 1. The number of hydrogen-bond acceptors (Lipinski definition) is 15. The second-order valence-electron chi connectivity index (χ2n) is 16.8. The number of rotatable bonds is 6. The lowest BCUT2D eigenvalue weighted by Crippen LogP contribution is -2.69. The third-order valence-electron chi connectivity index (χ3n) is 13.7. The third kappa shape index (κ3) is 5.94. The Hall–Kier alpha value is -5.66. The molecule has 0 amide bonds. The SMILES string of the molecule is COc1cc2c(cc1OCc1ccccc1)CCN[C@]21CS[C@@H]2c3c(OC(C)=O)c(C)c4c(c3[C@H](COC1=O)N1C2[C@@H]2c3c(cc(C)c(OC)c3O)C[C@@H]([C@@H]1C#N)N2C)OCO4. The van der Waals surface area contributed by atoms with Gasteiger partial charge in [-0.2, -0.15) is 5.26 Å². The van der Waals surface area contributed by atoms with Gasteiger partial charge in [0.25, 0.3) is 0 Å². The lowest BCUT2D eigenvalue weighted by molar-refractivity contribution is -0.157. The van der Waals surface area contributed by atoms with E-state index in [9.17, 15) is 15.2 Å². The van der Waals surface area contributed by atoms with E-state index in [1.165, 1.54) is 18.7 Å². The molecule has 62 heavy (non-hydrogen) atoms. The van der Waals surface area contributed by atoms with Crippen LogP contribution in [-0.4, -0.2) is 91.9 Å². The summed E-state index contributed by atoms with van der Waals surface area (Å²) in [4.78, 5) is 32.5. The lowest BCUT2D eigenvalue weighted by Gasteiger charge is -2.62. The van der Waals surface area contributed by atoms with Crippen molar-refractivity contribution in [1.29, 1.82) is 5.26 Å². The summed E-state index contributed by atoms with van der Waals surface area (Å²) in [6.45, 7) is 5.72. The van der Waals surface area contributed by atoms with Crippen molar-refractivity contribution in [3.63, 3.8) is 0 Å². The lowest BCUT2D eigenvalue weighted by atomic mass is 9.71. The van der Waals surface area contributed by atoms with Gasteiger partial charge >= 0.3 is 11.9 Å². The molecular formula is C47H48N4O10S. The number of likely N-dealkylation sites (N-methyl/N-ethyl adjacent to an activating group) is 1. The highest BCUT2D eigenvalue weighted by molar-refractivity contribution is 7.99. The number of hydrogen-bond donors (Lipinski definition) is 2. The van der Waals surface area contributed by atoms with Gasteiger partial charge < -0.3 is 38.3 Å². The molecule has 0 aliphatic carbocycles. The van der Waals surface area contributed by atoms with Crippen LogP contribution in [0.1, 0.15) is 74.3 Å². The minimum absolute atomic E-state index is 0.0524. The number of nitriles is 1. The minimum Gasteiger partial charge on any atom is -0.504 e. The van der Waals surface area contributed by atoms with E-state index < -0.39 is 46.9 Å². The summed E-state index contributed by atoms with van der Waals surface area (Å²) in [7, 11) is 5.14. The van der Waals surface area contributed by atoms with E-state index in [1.54, 1.807) is 14.2 Å². The van der Waals surface area contributed by atoms with Gasteiger partial charge in [0.1, 0.15) is 25.0 Å². The Bertz CT molecular complexity index is 2560. The first-order valence-corrected chi connectivity index (χ1v) is 21.9. The monoisotopic (exact) mass is 860 g/mol. The van der Waals surface area contributed by atoms with Crippen LogP contribution in [0, 0.1) is 25.2 Å². The molecule has 14 nitrogen and oxygen atoms in total. The first kappa shape index (κ1) is 40.4. The molecular weight excluding hydrogens is 813 g/mol. The van der Waals surface area contributed by atoms with Crippen molar-refractivity contribution in [3.05, 3.63) is 98.6 Å². The average molecular weight is 861 g/mol. The molecule has 4 aromatic rings. The number of ether oxygens (including phenoxy) is 7. The van der Waals surface area contributed by atoms with Gasteiger partial charge in [-0.05, 0) is 73.7 Å². The standard InChI is InChI=1S/C47H48N4O10S/c1-23-14-28-15-30-31(18-48)51-32-20-58-46(54)47(29-17-33(55-5)34(16-27(29)12-13-49-47)57-19-26-10-8-7-9-11-26)21-62-45(39(51)38(50(30)4)35(28)40(53)41(23)56-6)37-36(32)44-43(59-22-60-44)24(2)42(37)61-25(3)52/h7-11,14,16-17,30-32,38-39,45,49,53H,12-13,15,19-22H2,1-6H3/t30-,31-,32-,38-,39?,45+,47+/m0/s1. The van der Waals surface area contributed by atoms with Crippen molar-refractivity contribution >= 4 is 23.7 Å². The second kappa shape index (κ2) is 15.3. The van der Waals surface area contributed by atoms with Crippen molar-refractivity contribution in [2.24, 2.45) is 0 Å². The molecule has 7 aliphatic heterocycles. The number of carbonyl (C=O) groups is 2. The number of nitrogens with zero attached hydrogens (tertiary/aromatic N) is 3. The van der Waals surface area contributed by atoms with Gasteiger partial charge in [-0.3, -0.25) is 19.9 Å². The first-order chi connectivity index (χ1) is 30.0. The zero-order valence-electron chi connectivity index (χ0n) is 35.4. The van der Waals surface area contributed by atoms with Crippen LogP contribution in [0.15, 0.2) is 48.5 Å². The predicted molar refractivity (Wildman–Crippen MR) is 227 cm³/mol. The molecule has 11 rings (SSSR count). The first-order valence-electron chi connectivity index (χ1n) is 20.9. The highest BCUT2D eigenvalue weighted by Crippen LogP contribution is 2.64. The van der Waals surface area contributed by atoms with Gasteiger partial charge in [-0.25, -0.2) is 4.79 Å². The molecule has 2 N–H and O–H groups in total. The summed E-state index contributed by atoms with van der Waals surface area (Å²) in [6.07, 6.45) is 1.12. The fraction of sp³-hybridized carbons (Fsp3) is 0.426. The van der Waals surface area contributed by atoms with E-state index in [0.29, 0.717) is 77.2 Å². The normalized spacial score (nSPS) is 26.9. The zero-order chi connectivity index (χ0) is 43.2. The van der Waals surface area contributed by atoms with Gasteiger partial charge in [0.15, 0.2) is 40.0 Å². The third-order valence-corrected chi connectivity index (χ3v) is 15.1. The van der Waals surface area contributed by atoms with Crippen molar-refractivity contribution in [1.82, 2.24) is 15.1 Å². The Morgan fingerprint density at radius 2 is 1.81 bits per heavy atom. The second-order valence-corrected chi connectivity index (χ2v) is 18.0. The molecule has 0 aromatic heterocycles. The molecule has 7 aliphatic rings. The fourth-order valence-corrected chi connectivity index (χ4v) is 12.7. The molecule has 0 radical (unpaired) electrons. The molecule has 4 aromatic carbocycles. The van der Waals surface area contributed by atoms with Gasteiger partial charge in [0.05, 0.1) is 37.6 Å². The maximum absolute atomic E-state index is 15.1. The maximum atomic E-state index is 15.1. The van der Waals surface area contributed by atoms with Gasteiger partial charge in [-0.15, -0.1) is 11.8 Å². The highest BCUT2D eigenvalue weighted by Gasteiger charge is 2.62. The van der Waals surface area contributed by atoms with Gasteiger partial charge in [0.2, 0.25) is 6.79 Å². The van der Waals surface area contributed by atoms with Crippen LogP contribution in [0.2, 0.25) is 0 Å². The Morgan fingerprint density at radius 3 is 2.55 bits per heavy atom. The molecule has 2 saturated heterocycles. The largest absolute Gasteiger partial charge is 0.504 e. The van der Waals surface area contributed by atoms with Gasteiger partial charge in [0, 0.05) is 53.6 Å². The van der Waals surface area contributed by atoms with E-state index in [-0.39, 0.29) is 30.9 Å². The topological polar surface area (TPSA) is 161 Å². The van der Waals surface area contributed by atoms with Crippen molar-refractivity contribution in [2.45, 2.75) is 81.2 Å². The number of aromatic hydroxyl groups is 1. The summed E-state index contributed by atoms with van der Waals surface area (Å²) in [6, 6.07) is 15.7. The Labute approximate surface area is 363 Å². The molecule has 7 heterocycles. The number of aryl methyl sites for hydroxylation is 1. The van der Waals surface area contributed by atoms with E-state index in [1.807, 2.05) is 63.4 Å². The highest BCUT2D eigenvalue weighted by atomic mass is 32.2. The van der Waals surface area contributed by atoms with E-state index in [0.717, 1.165) is 33.4 Å². The van der Waals surface area contributed by atoms with Crippen LogP contribution in [0.25, 0.3) is 0 Å². The van der Waals surface area contributed by atoms with Crippen molar-refractivity contribution in [2.75, 3.05) is 47.0 Å². The maximum Gasteiger partial charge on any atom is 0.331 e. The Kier molecular flexibility index (Phi) is 9.97. The van der Waals surface area contributed by atoms with E-state index in [2.05, 4.69) is 27.3 Å². The average Bonchev–Trinajstić information content (AvgIpc) is 3.76. The molecule has 15 heteroatoms. The molecule has 7 atom stereocenters. The summed E-state index contributed by atoms with van der Waals surface area (Å²) in [5.41, 5.74) is 5.73. The zero-order valence-corrected chi connectivity index (χ0v) is 36.2. The Balaban J connectivity index is 1.18. The number of thioether (sulfide) groups is 1. The number of fused-ring (bicyclic) bond motifs is 9. The fourth-order valence-electron chi connectivity index (χ4n) is 11.0. The van der Waals surface area contributed by atoms with Crippen LogP contribution in [-0.2, 0) is 39.3 Å². The number of methoxy groups -OCH3 is 2. The number of benzene rings is 4. The summed E-state index contributed by atoms with van der Waals surface area (Å²) in [5, 5.41) is 26.4. The van der Waals surface area contributed by atoms with E-state index >= 15 is 4.79 Å². The molecule has 4 bridgehead atoms. The number of piperazine rings is 1. The van der Waals surface area contributed by atoms with Gasteiger partial charge in [-0.1, -0.05) is 36.4 Å². The predicted octanol–water partition coefficient (Wildman–Crippen LogP) is 5.86. The van der Waals surface area contributed by atoms with Crippen LogP contribution >= 0.6 is 11.8 Å². The van der Waals surface area contributed by atoms with E-state index in [4.69, 9.17) is 33.2 Å². The molecule has 1 unspecified atom stereocenters. The van der Waals surface area contributed by atoms with Crippen molar-refractivity contribution < 1.29 is 47.9 Å². The molecule has 2 fully saturated rings. The minimum atomic E-state index is -1.34. The van der Waals surface area contributed by atoms with Crippen molar-refractivity contribution in [3.8, 4) is 46.3 Å². The molecule has 1 spiro atoms. The van der Waals surface area contributed by atoms with Crippen LogP contribution in [0.3, 0.4) is 0 Å². The Morgan fingerprint density at radius 1 is 1.02 bits per heavy atom. The summed E-state index contributed by atoms with van der Waals surface area (Å²) in [5.74, 6) is 1.94. The van der Waals surface area contributed by atoms with Crippen LogP contribution in [0.4, 0.5) is 0 Å². The number of nitrogens with one attached hydrogen (secondary N) is 1. The number of esters is 2. The van der Waals surface area contributed by atoms with Crippen LogP contribution in [0.5, 0.6) is 40.2 Å². The number of phenolic OH excluding ortho intramolecular Hbond substituents is 1. The molecule has 322 valence electrons. The number of carbonyl (C=O) groups excluding carboxylic acids is 2. The summed E-state index contributed by atoms with van der Waals surface area (Å²) >= 11 is 1.52. The summed E-state index contributed by atoms with van der Waals surface area (Å²) < 4.78 is 43.2.